The third-order valence-electron chi connectivity index (χ3n) is 4.61. The Morgan fingerprint density at radius 3 is 2.48 bits per heavy atom. The second-order valence-corrected chi connectivity index (χ2v) is 7.79. The number of amides is 1. The van der Waals surface area contributed by atoms with Gasteiger partial charge in [-0.3, -0.25) is 4.79 Å². The lowest BCUT2D eigenvalue weighted by molar-refractivity contribution is -0.151. The van der Waals surface area contributed by atoms with Crippen molar-refractivity contribution >= 4 is 23.5 Å². The summed E-state index contributed by atoms with van der Waals surface area (Å²) < 4.78 is 12.6. The van der Waals surface area contributed by atoms with Crippen LogP contribution in [0.1, 0.15) is 42.6 Å². The minimum Gasteiger partial charge on any atom is -0.448 e. The van der Waals surface area contributed by atoms with Crippen LogP contribution in [0.25, 0.3) is 5.82 Å². The van der Waals surface area contributed by atoms with E-state index in [0.717, 1.165) is 11.4 Å². The highest BCUT2D eigenvalue weighted by atomic mass is 35.5. The standard InChI is InChI=1S/C20H25ClN4O4/c1-11-8-12(2)25(23-11)17-7-6-16(21)18(22-17)20(27)29-15(5)19(26)24-9-13(3)28-14(4)10-24/h6-8,13-15H,9-10H2,1-5H3. The number of pyridine rings is 1. The number of ether oxygens (including phenoxy) is 2. The number of carbonyl (C=O) groups is 2. The Kier molecular flexibility index (Phi) is 6.24. The van der Waals surface area contributed by atoms with Crippen LogP contribution in [0.4, 0.5) is 0 Å². The molecule has 8 nitrogen and oxygen atoms in total. The van der Waals surface area contributed by atoms with Gasteiger partial charge in [-0.05, 0) is 52.8 Å². The summed E-state index contributed by atoms with van der Waals surface area (Å²) in [6.45, 7) is 10.0. The van der Waals surface area contributed by atoms with Crippen molar-refractivity contribution in [3.8, 4) is 5.82 Å². The minimum atomic E-state index is -0.963. The van der Waals surface area contributed by atoms with Gasteiger partial charge in [0, 0.05) is 18.8 Å². The van der Waals surface area contributed by atoms with Gasteiger partial charge in [0.05, 0.1) is 22.9 Å². The molecule has 3 atom stereocenters. The van der Waals surface area contributed by atoms with E-state index >= 15 is 0 Å². The fraction of sp³-hybridized carbons (Fsp3) is 0.500. The van der Waals surface area contributed by atoms with Gasteiger partial charge in [-0.1, -0.05) is 11.6 Å². The number of nitrogens with zero attached hydrogens (tertiary/aromatic N) is 4. The van der Waals surface area contributed by atoms with Crippen LogP contribution < -0.4 is 0 Å². The average Bonchev–Trinajstić information content (AvgIpc) is 2.98. The third kappa shape index (κ3) is 4.76. The molecule has 3 heterocycles. The van der Waals surface area contributed by atoms with Crippen LogP contribution in [0.3, 0.4) is 0 Å². The molecule has 1 amide bonds. The van der Waals surface area contributed by atoms with Gasteiger partial charge >= 0.3 is 5.97 Å². The van der Waals surface area contributed by atoms with Gasteiger partial charge in [0.15, 0.2) is 17.6 Å². The average molecular weight is 421 g/mol. The summed E-state index contributed by atoms with van der Waals surface area (Å²) in [6, 6.07) is 5.14. The van der Waals surface area contributed by atoms with E-state index in [1.807, 2.05) is 33.8 Å². The lowest BCUT2D eigenvalue weighted by Gasteiger charge is -2.36. The Morgan fingerprint density at radius 1 is 1.24 bits per heavy atom. The molecule has 1 aliphatic rings. The highest BCUT2D eigenvalue weighted by Crippen LogP contribution is 2.20. The first-order valence-corrected chi connectivity index (χ1v) is 9.89. The van der Waals surface area contributed by atoms with E-state index in [-0.39, 0.29) is 28.8 Å². The molecule has 9 heteroatoms. The number of hydrogen-bond donors (Lipinski definition) is 0. The van der Waals surface area contributed by atoms with Gasteiger partial charge in [-0.2, -0.15) is 5.10 Å². The first-order chi connectivity index (χ1) is 13.7. The fourth-order valence-electron chi connectivity index (χ4n) is 3.44. The molecule has 0 aromatic carbocycles. The number of esters is 1. The van der Waals surface area contributed by atoms with E-state index < -0.39 is 12.1 Å². The van der Waals surface area contributed by atoms with Gasteiger partial charge < -0.3 is 14.4 Å². The summed E-state index contributed by atoms with van der Waals surface area (Å²) in [5.41, 5.74) is 1.65. The number of hydrogen-bond acceptors (Lipinski definition) is 6. The zero-order valence-corrected chi connectivity index (χ0v) is 17.9. The van der Waals surface area contributed by atoms with Crippen LogP contribution in [0, 0.1) is 13.8 Å². The summed E-state index contributed by atoms with van der Waals surface area (Å²) in [7, 11) is 0. The van der Waals surface area contributed by atoms with Crippen LogP contribution in [0.2, 0.25) is 5.02 Å². The van der Waals surface area contributed by atoms with Crippen LogP contribution in [0.5, 0.6) is 0 Å². The van der Waals surface area contributed by atoms with Crippen molar-refractivity contribution in [3.05, 3.63) is 40.3 Å². The summed E-state index contributed by atoms with van der Waals surface area (Å²) in [6.07, 6.45) is -1.10. The van der Waals surface area contributed by atoms with Gasteiger partial charge in [0.25, 0.3) is 5.91 Å². The Morgan fingerprint density at radius 2 is 1.90 bits per heavy atom. The summed E-state index contributed by atoms with van der Waals surface area (Å²) in [4.78, 5) is 31.3. The van der Waals surface area contributed by atoms with Crippen LogP contribution in [-0.4, -0.2) is 62.9 Å². The lowest BCUT2D eigenvalue weighted by Crippen LogP contribution is -2.51. The molecule has 156 valence electrons. The smallest absolute Gasteiger partial charge is 0.359 e. The maximum Gasteiger partial charge on any atom is 0.359 e. The van der Waals surface area contributed by atoms with Gasteiger partial charge in [-0.15, -0.1) is 0 Å². The third-order valence-corrected chi connectivity index (χ3v) is 4.92. The second kappa shape index (κ2) is 8.51. The molecule has 2 aromatic heterocycles. The summed E-state index contributed by atoms with van der Waals surface area (Å²) in [5, 5.41) is 4.51. The summed E-state index contributed by atoms with van der Waals surface area (Å²) >= 11 is 6.17. The molecule has 0 aliphatic carbocycles. The largest absolute Gasteiger partial charge is 0.448 e. The Balaban J connectivity index is 1.75. The highest BCUT2D eigenvalue weighted by Gasteiger charge is 2.31. The predicted molar refractivity (Wildman–Crippen MR) is 107 cm³/mol. The SMILES string of the molecule is Cc1cc(C)n(-c2ccc(Cl)c(C(=O)OC(C)C(=O)N3CC(C)OC(C)C3)n2)n1. The van der Waals surface area contributed by atoms with Crippen LogP contribution in [0.15, 0.2) is 18.2 Å². The van der Waals surface area contributed by atoms with Crippen molar-refractivity contribution in [2.75, 3.05) is 13.1 Å². The lowest BCUT2D eigenvalue weighted by atomic mass is 10.2. The molecule has 3 rings (SSSR count). The second-order valence-electron chi connectivity index (χ2n) is 7.39. The molecule has 0 saturated carbocycles. The van der Waals surface area contributed by atoms with Crippen LogP contribution >= 0.6 is 11.6 Å². The number of rotatable bonds is 4. The van der Waals surface area contributed by atoms with Crippen LogP contribution in [-0.2, 0) is 14.3 Å². The van der Waals surface area contributed by atoms with E-state index in [4.69, 9.17) is 21.1 Å². The number of carbonyl (C=O) groups excluding carboxylic acids is 2. The van der Waals surface area contributed by atoms with Gasteiger partial charge in [-0.25, -0.2) is 14.5 Å². The molecule has 1 aliphatic heterocycles. The van der Waals surface area contributed by atoms with Crippen molar-refractivity contribution in [2.45, 2.75) is 52.9 Å². The Bertz CT molecular complexity index is 919. The molecule has 0 bridgehead atoms. The normalized spacial score (nSPS) is 20.4. The van der Waals surface area contributed by atoms with Crippen molar-refractivity contribution in [1.82, 2.24) is 19.7 Å². The van der Waals surface area contributed by atoms with Crippen molar-refractivity contribution in [2.24, 2.45) is 0 Å². The zero-order valence-electron chi connectivity index (χ0n) is 17.2. The molecular formula is C20H25ClN4O4. The Hall–Kier alpha value is -2.45. The van der Waals surface area contributed by atoms with Crippen molar-refractivity contribution in [3.63, 3.8) is 0 Å². The maximum absolute atomic E-state index is 12.7. The number of aryl methyl sites for hydroxylation is 2. The molecule has 0 spiro atoms. The first-order valence-electron chi connectivity index (χ1n) is 9.51. The van der Waals surface area contributed by atoms with E-state index in [9.17, 15) is 9.59 Å². The van der Waals surface area contributed by atoms with E-state index in [1.54, 1.807) is 28.6 Å². The predicted octanol–water partition coefficient (Wildman–Crippen LogP) is 2.72. The molecule has 0 N–H and O–H groups in total. The van der Waals surface area contributed by atoms with Gasteiger partial charge in [0.2, 0.25) is 0 Å². The van der Waals surface area contributed by atoms with E-state index in [2.05, 4.69) is 10.1 Å². The van der Waals surface area contributed by atoms with E-state index in [1.165, 1.54) is 0 Å². The molecule has 1 saturated heterocycles. The number of morpholine rings is 1. The zero-order chi connectivity index (χ0) is 21.3. The van der Waals surface area contributed by atoms with Crippen molar-refractivity contribution < 1.29 is 19.1 Å². The summed E-state index contributed by atoms with van der Waals surface area (Å²) in [5.74, 6) is -0.582. The number of halogens is 1. The first kappa shape index (κ1) is 21.3. The molecule has 2 aromatic rings. The van der Waals surface area contributed by atoms with Crippen molar-refractivity contribution in [1.29, 1.82) is 0 Å². The monoisotopic (exact) mass is 420 g/mol. The topological polar surface area (TPSA) is 86.5 Å². The van der Waals surface area contributed by atoms with E-state index in [0.29, 0.717) is 18.9 Å². The Labute approximate surface area is 174 Å². The van der Waals surface area contributed by atoms with Gasteiger partial charge in [0.1, 0.15) is 0 Å². The highest BCUT2D eigenvalue weighted by molar-refractivity contribution is 6.33. The fourth-order valence-corrected chi connectivity index (χ4v) is 3.62. The molecule has 1 fully saturated rings. The maximum atomic E-state index is 12.7. The molecule has 29 heavy (non-hydrogen) atoms. The molecule has 3 unspecified atom stereocenters. The molecule has 0 radical (unpaired) electrons. The minimum absolute atomic E-state index is 0.0555. The molecular weight excluding hydrogens is 396 g/mol. The number of aromatic nitrogens is 3. The quantitative estimate of drug-likeness (QED) is 0.707.